The summed E-state index contributed by atoms with van der Waals surface area (Å²) in [5, 5.41) is 6.93. The number of carbonyl (C=O) groups excluding carboxylic acids is 1. The van der Waals surface area contributed by atoms with E-state index in [1.165, 1.54) is 4.88 Å². The van der Waals surface area contributed by atoms with Gasteiger partial charge in [0.05, 0.1) is 6.61 Å². The van der Waals surface area contributed by atoms with Gasteiger partial charge in [-0.15, -0.1) is 11.3 Å². The number of amides is 1. The fourth-order valence-corrected chi connectivity index (χ4v) is 3.84. The molecule has 1 saturated heterocycles. The van der Waals surface area contributed by atoms with Crippen molar-refractivity contribution in [2.24, 2.45) is 0 Å². The Bertz CT molecular complexity index is 708. The van der Waals surface area contributed by atoms with Gasteiger partial charge in [-0.2, -0.15) is 0 Å². The van der Waals surface area contributed by atoms with Crippen molar-refractivity contribution in [3.63, 3.8) is 0 Å². The van der Waals surface area contributed by atoms with Crippen LogP contribution in [0.25, 0.3) is 0 Å². The van der Waals surface area contributed by atoms with E-state index in [9.17, 15) is 4.79 Å². The summed E-state index contributed by atoms with van der Waals surface area (Å²) in [6.45, 7) is 6.59. The third kappa shape index (κ3) is 3.94. The molecule has 1 aromatic heterocycles. The number of carbonyl (C=O) groups is 1. The zero-order chi connectivity index (χ0) is 16.9. The standard InChI is InChI=1S/C18H23N3O2S/c1-3-23-15-10-14(5-4-12(15)2)17(22)21-18-20-11-16(24-18)13-6-8-19-9-7-13/h4-5,10-11,13,19H,3,6-9H2,1-2H3,(H,20,21,22). The molecule has 0 bridgehead atoms. The Morgan fingerprint density at radius 1 is 1.42 bits per heavy atom. The number of hydrogen-bond acceptors (Lipinski definition) is 5. The maximum Gasteiger partial charge on any atom is 0.257 e. The van der Waals surface area contributed by atoms with Gasteiger partial charge in [-0.25, -0.2) is 4.98 Å². The van der Waals surface area contributed by atoms with Crippen molar-refractivity contribution in [3.05, 3.63) is 40.4 Å². The summed E-state index contributed by atoms with van der Waals surface area (Å²) >= 11 is 1.58. The summed E-state index contributed by atoms with van der Waals surface area (Å²) < 4.78 is 5.56. The molecule has 0 aliphatic carbocycles. The molecule has 6 heteroatoms. The van der Waals surface area contributed by atoms with Crippen LogP contribution < -0.4 is 15.4 Å². The van der Waals surface area contributed by atoms with E-state index in [0.29, 0.717) is 23.2 Å². The van der Waals surface area contributed by atoms with Crippen molar-refractivity contribution in [2.75, 3.05) is 25.0 Å². The van der Waals surface area contributed by atoms with Gasteiger partial charge in [0, 0.05) is 16.6 Å². The van der Waals surface area contributed by atoms with Gasteiger partial charge in [0.2, 0.25) is 0 Å². The van der Waals surface area contributed by atoms with E-state index in [0.717, 1.165) is 37.2 Å². The first-order valence-electron chi connectivity index (χ1n) is 8.38. The lowest BCUT2D eigenvalue weighted by atomic mass is 9.97. The lowest BCUT2D eigenvalue weighted by Gasteiger charge is -2.20. The highest BCUT2D eigenvalue weighted by atomic mass is 32.1. The molecular weight excluding hydrogens is 322 g/mol. The van der Waals surface area contributed by atoms with Crippen LogP contribution >= 0.6 is 11.3 Å². The van der Waals surface area contributed by atoms with Crippen LogP contribution in [0.15, 0.2) is 24.4 Å². The van der Waals surface area contributed by atoms with Crippen molar-refractivity contribution >= 4 is 22.4 Å². The van der Waals surface area contributed by atoms with E-state index in [1.54, 1.807) is 17.4 Å². The zero-order valence-corrected chi connectivity index (χ0v) is 14.9. The molecule has 0 spiro atoms. The van der Waals surface area contributed by atoms with E-state index < -0.39 is 0 Å². The number of ether oxygens (including phenoxy) is 1. The van der Waals surface area contributed by atoms with Crippen LogP contribution in [0.2, 0.25) is 0 Å². The lowest BCUT2D eigenvalue weighted by Crippen LogP contribution is -2.26. The second-order valence-corrected chi connectivity index (χ2v) is 7.02. The number of benzene rings is 1. The highest BCUT2D eigenvalue weighted by Gasteiger charge is 2.18. The SMILES string of the molecule is CCOc1cc(C(=O)Nc2ncc(C3CCNCC3)s2)ccc1C. The molecule has 0 unspecified atom stereocenters. The molecule has 128 valence electrons. The second kappa shape index (κ2) is 7.77. The molecule has 1 aromatic carbocycles. The minimum atomic E-state index is -0.151. The maximum absolute atomic E-state index is 12.5. The highest BCUT2D eigenvalue weighted by molar-refractivity contribution is 7.15. The predicted octanol–water partition coefficient (Wildman–Crippen LogP) is 3.57. The van der Waals surface area contributed by atoms with Crippen molar-refractivity contribution in [1.29, 1.82) is 0 Å². The average molecular weight is 345 g/mol. The molecule has 1 fully saturated rings. The second-order valence-electron chi connectivity index (χ2n) is 5.96. The molecule has 0 saturated carbocycles. The van der Waals surface area contributed by atoms with E-state index >= 15 is 0 Å². The molecule has 1 aliphatic heterocycles. The van der Waals surface area contributed by atoms with Gasteiger partial charge in [0.25, 0.3) is 5.91 Å². The molecule has 1 amide bonds. The zero-order valence-electron chi connectivity index (χ0n) is 14.1. The first kappa shape index (κ1) is 16.9. The van der Waals surface area contributed by atoms with Crippen LogP contribution in [0, 0.1) is 6.92 Å². The number of nitrogens with one attached hydrogen (secondary N) is 2. The number of nitrogens with zero attached hydrogens (tertiary/aromatic N) is 1. The molecule has 0 atom stereocenters. The molecule has 1 aliphatic rings. The number of anilines is 1. The summed E-state index contributed by atoms with van der Waals surface area (Å²) in [5.74, 6) is 1.15. The van der Waals surface area contributed by atoms with Crippen molar-refractivity contribution < 1.29 is 9.53 Å². The lowest BCUT2D eigenvalue weighted by molar-refractivity contribution is 0.102. The smallest absolute Gasteiger partial charge is 0.257 e. The number of rotatable bonds is 5. The van der Waals surface area contributed by atoms with Crippen LogP contribution in [-0.2, 0) is 0 Å². The number of aryl methyl sites for hydroxylation is 1. The van der Waals surface area contributed by atoms with Crippen molar-refractivity contribution in [2.45, 2.75) is 32.6 Å². The number of piperidine rings is 1. The van der Waals surface area contributed by atoms with Crippen molar-refractivity contribution in [1.82, 2.24) is 10.3 Å². The van der Waals surface area contributed by atoms with Gasteiger partial charge in [-0.1, -0.05) is 6.07 Å². The minimum Gasteiger partial charge on any atom is -0.494 e. The van der Waals surface area contributed by atoms with Crippen LogP contribution in [0.3, 0.4) is 0 Å². The van der Waals surface area contributed by atoms with Gasteiger partial charge >= 0.3 is 0 Å². The van der Waals surface area contributed by atoms with E-state index in [2.05, 4.69) is 15.6 Å². The minimum absolute atomic E-state index is 0.151. The van der Waals surface area contributed by atoms with Crippen LogP contribution in [-0.4, -0.2) is 30.6 Å². The van der Waals surface area contributed by atoms with E-state index in [4.69, 9.17) is 4.74 Å². The number of hydrogen-bond donors (Lipinski definition) is 2. The van der Waals surface area contributed by atoms with Crippen LogP contribution in [0.5, 0.6) is 5.75 Å². The Kier molecular flexibility index (Phi) is 5.48. The molecule has 24 heavy (non-hydrogen) atoms. The quantitative estimate of drug-likeness (QED) is 0.869. The van der Waals surface area contributed by atoms with Crippen molar-refractivity contribution in [3.8, 4) is 5.75 Å². The maximum atomic E-state index is 12.5. The largest absolute Gasteiger partial charge is 0.494 e. The Morgan fingerprint density at radius 3 is 2.96 bits per heavy atom. The third-order valence-corrected chi connectivity index (χ3v) is 5.31. The van der Waals surface area contributed by atoms with Gasteiger partial charge in [0.1, 0.15) is 5.75 Å². The third-order valence-electron chi connectivity index (χ3n) is 4.24. The Hall–Kier alpha value is -1.92. The predicted molar refractivity (Wildman–Crippen MR) is 97.3 cm³/mol. The van der Waals surface area contributed by atoms with Gasteiger partial charge in [0.15, 0.2) is 5.13 Å². The molecule has 5 nitrogen and oxygen atoms in total. The first-order valence-corrected chi connectivity index (χ1v) is 9.20. The van der Waals surface area contributed by atoms with E-state index in [1.807, 2.05) is 32.2 Å². The topological polar surface area (TPSA) is 63.2 Å². The number of aromatic nitrogens is 1. The van der Waals surface area contributed by atoms with E-state index in [-0.39, 0.29) is 5.91 Å². The van der Waals surface area contributed by atoms with Gasteiger partial charge in [-0.05, 0) is 63.4 Å². The number of thiazole rings is 1. The summed E-state index contributed by atoms with van der Waals surface area (Å²) in [6, 6.07) is 5.51. The van der Waals surface area contributed by atoms with Gasteiger partial charge in [-0.3, -0.25) is 10.1 Å². The summed E-state index contributed by atoms with van der Waals surface area (Å²) in [6.07, 6.45) is 4.16. The fourth-order valence-electron chi connectivity index (χ4n) is 2.86. The Balaban J connectivity index is 1.68. The highest BCUT2D eigenvalue weighted by Crippen LogP contribution is 2.32. The Labute approximate surface area is 146 Å². The molecule has 2 aromatic rings. The fraction of sp³-hybridized carbons (Fsp3) is 0.444. The summed E-state index contributed by atoms with van der Waals surface area (Å²) in [4.78, 5) is 18.1. The molecule has 0 radical (unpaired) electrons. The molecule has 3 rings (SSSR count). The monoisotopic (exact) mass is 345 g/mol. The summed E-state index contributed by atoms with van der Waals surface area (Å²) in [5.41, 5.74) is 1.61. The van der Waals surface area contributed by atoms with Crippen LogP contribution in [0.1, 0.15) is 46.5 Å². The van der Waals surface area contributed by atoms with Gasteiger partial charge < -0.3 is 10.1 Å². The van der Waals surface area contributed by atoms with Crippen LogP contribution in [0.4, 0.5) is 5.13 Å². The summed E-state index contributed by atoms with van der Waals surface area (Å²) in [7, 11) is 0. The molecule has 2 N–H and O–H groups in total. The normalized spacial score (nSPS) is 15.2. The Morgan fingerprint density at radius 2 is 2.21 bits per heavy atom. The molecule has 2 heterocycles. The molecular formula is C18H23N3O2S. The first-order chi connectivity index (χ1) is 11.7. The average Bonchev–Trinajstić information content (AvgIpc) is 3.06.